The van der Waals surface area contributed by atoms with Crippen LogP contribution in [0.15, 0.2) is 52.3 Å². The number of fused-ring (bicyclic) bond motifs is 3. The molecular weight excluding hydrogens is 339 g/mol. The second-order valence-corrected chi connectivity index (χ2v) is 8.90. The van der Waals surface area contributed by atoms with Gasteiger partial charge in [-0.3, -0.25) is 0 Å². The van der Waals surface area contributed by atoms with Crippen LogP contribution in [-0.4, -0.2) is 27.0 Å². The maximum Gasteiger partial charge on any atom is 0.206 e. The van der Waals surface area contributed by atoms with E-state index in [-0.39, 0.29) is 9.79 Å². The lowest BCUT2D eigenvalue weighted by Crippen LogP contribution is -2.25. The van der Waals surface area contributed by atoms with Crippen LogP contribution in [0.1, 0.15) is 31.2 Å². The molecule has 1 saturated heterocycles. The SMILES string of the molecule is CC1C[C@@H]2c3cc(S(=O)(=O)c4cccc(F)c4)ccc3N[C@H]2CCN1. The van der Waals surface area contributed by atoms with Gasteiger partial charge in [0.15, 0.2) is 0 Å². The molecule has 0 radical (unpaired) electrons. The van der Waals surface area contributed by atoms with Crippen LogP contribution in [0.2, 0.25) is 0 Å². The lowest BCUT2D eigenvalue weighted by Gasteiger charge is -2.18. The van der Waals surface area contributed by atoms with Crippen molar-refractivity contribution in [2.24, 2.45) is 0 Å². The minimum Gasteiger partial charge on any atom is -0.381 e. The Morgan fingerprint density at radius 2 is 1.92 bits per heavy atom. The zero-order chi connectivity index (χ0) is 17.6. The first-order valence-electron chi connectivity index (χ1n) is 8.59. The Morgan fingerprint density at radius 3 is 2.72 bits per heavy atom. The molecule has 1 fully saturated rings. The van der Waals surface area contributed by atoms with Crippen LogP contribution in [0, 0.1) is 5.82 Å². The first-order valence-corrected chi connectivity index (χ1v) is 10.1. The van der Waals surface area contributed by atoms with E-state index in [1.165, 1.54) is 18.2 Å². The smallest absolute Gasteiger partial charge is 0.206 e. The van der Waals surface area contributed by atoms with Crippen molar-refractivity contribution in [2.45, 2.75) is 47.6 Å². The molecule has 1 unspecified atom stereocenters. The third kappa shape index (κ3) is 2.93. The number of hydrogen-bond donors (Lipinski definition) is 2. The van der Waals surface area contributed by atoms with Crippen LogP contribution in [0.4, 0.5) is 10.1 Å². The highest BCUT2D eigenvalue weighted by Crippen LogP contribution is 2.42. The molecule has 2 aromatic rings. The molecule has 2 aliphatic rings. The van der Waals surface area contributed by atoms with Gasteiger partial charge in [0, 0.05) is 23.7 Å². The lowest BCUT2D eigenvalue weighted by atomic mass is 9.89. The van der Waals surface area contributed by atoms with Crippen molar-refractivity contribution >= 4 is 15.5 Å². The average Bonchev–Trinajstić information content (AvgIpc) is 2.80. The Balaban J connectivity index is 1.75. The van der Waals surface area contributed by atoms with E-state index in [0.29, 0.717) is 18.0 Å². The van der Waals surface area contributed by atoms with Crippen LogP contribution in [0.25, 0.3) is 0 Å². The van der Waals surface area contributed by atoms with Crippen LogP contribution in [0.5, 0.6) is 0 Å². The van der Waals surface area contributed by atoms with Gasteiger partial charge >= 0.3 is 0 Å². The van der Waals surface area contributed by atoms with Crippen molar-refractivity contribution in [1.82, 2.24) is 5.32 Å². The molecular formula is C19H21FN2O2S. The molecule has 0 amide bonds. The molecule has 0 bridgehead atoms. The van der Waals surface area contributed by atoms with E-state index in [9.17, 15) is 12.8 Å². The van der Waals surface area contributed by atoms with Gasteiger partial charge in [-0.25, -0.2) is 12.8 Å². The Kier molecular flexibility index (Phi) is 4.04. The second-order valence-electron chi connectivity index (χ2n) is 6.95. The first kappa shape index (κ1) is 16.5. The van der Waals surface area contributed by atoms with E-state index in [0.717, 1.165) is 36.7 Å². The second kappa shape index (κ2) is 6.11. The van der Waals surface area contributed by atoms with Crippen molar-refractivity contribution in [3.63, 3.8) is 0 Å². The molecule has 2 N–H and O–H groups in total. The van der Waals surface area contributed by atoms with E-state index in [1.54, 1.807) is 12.1 Å². The summed E-state index contributed by atoms with van der Waals surface area (Å²) < 4.78 is 39.2. The van der Waals surface area contributed by atoms with Gasteiger partial charge in [0.25, 0.3) is 0 Å². The largest absolute Gasteiger partial charge is 0.381 e. The van der Waals surface area contributed by atoms with E-state index in [1.807, 2.05) is 6.07 Å². The van der Waals surface area contributed by atoms with Gasteiger partial charge in [-0.05, 0) is 68.3 Å². The average molecular weight is 360 g/mol. The van der Waals surface area contributed by atoms with Crippen molar-refractivity contribution in [3.8, 4) is 0 Å². The molecule has 0 spiro atoms. The summed E-state index contributed by atoms with van der Waals surface area (Å²) >= 11 is 0. The summed E-state index contributed by atoms with van der Waals surface area (Å²) in [5, 5.41) is 7.01. The summed E-state index contributed by atoms with van der Waals surface area (Å²) in [7, 11) is -3.73. The number of rotatable bonds is 2. The summed E-state index contributed by atoms with van der Waals surface area (Å²) in [5.41, 5.74) is 2.07. The molecule has 25 heavy (non-hydrogen) atoms. The zero-order valence-electron chi connectivity index (χ0n) is 14.0. The van der Waals surface area contributed by atoms with Gasteiger partial charge in [0.2, 0.25) is 9.84 Å². The number of hydrogen-bond acceptors (Lipinski definition) is 4. The van der Waals surface area contributed by atoms with Crippen molar-refractivity contribution in [1.29, 1.82) is 0 Å². The summed E-state index contributed by atoms with van der Waals surface area (Å²) in [6.45, 7) is 3.12. The molecule has 0 aliphatic carbocycles. The molecule has 3 atom stereocenters. The molecule has 0 saturated carbocycles. The van der Waals surface area contributed by atoms with Crippen LogP contribution in [-0.2, 0) is 9.84 Å². The Morgan fingerprint density at radius 1 is 1.12 bits per heavy atom. The van der Waals surface area contributed by atoms with Crippen LogP contribution < -0.4 is 10.6 Å². The Hall–Kier alpha value is -1.92. The fraction of sp³-hybridized carbons (Fsp3) is 0.368. The maximum atomic E-state index is 13.5. The summed E-state index contributed by atoms with van der Waals surface area (Å²) in [4.78, 5) is 0.218. The normalized spacial score (nSPS) is 25.6. The number of sulfone groups is 1. The highest BCUT2D eigenvalue weighted by molar-refractivity contribution is 7.91. The Bertz CT molecular complexity index is 913. The summed E-state index contributed by atoms with van der Waals surface area (Å²) in [6, 6.07) is 11.1. The van der Waals surface area contributed by atoms with Crippen LogP contribution >= 0.6 is 0 Å². The quantitative estimate of drug-likeness (QED) is 0.863. The van der Waals surface area contributed by atoms with Crippen molar-refractivity contribution in [3.05, 3.63) is 53.8 Å². The third-order valence-electron chi connectivity index (χ3n) is 5.22. The highest BCUT2D eigenvalue weighted by Gasteiger charge is 2.35. The lowest BCUT2D eigenvalue weighted by molar-refractivity contribution is 0.511. The van der Waals surface area contributed by atoms with E-state index >= 15 is 0 Å². The number of nitrogens with one attached hydrogen (secondary N) is 2. The molecule has 4 nitrogen and oxygen atoms in total. The highest BCUT2D eigenvalue weighted by atomic mass is 32.2. The molecule has 2 heterocycles. The van der Waals surface area contributed by atoms with Crippen molar-refractivity contribution < 1.29 is 12.8 Å². The molecule has 0 aromatic heterocycles. The topological polar surface area (TPSA) is 58.2 Å². The zero-order valence-corrected chi connectivity index (χ0v) is 14.8. The fourth-order valence-corrected chi connectivity index (χ4v) is 5.27. The van der Waals surface area contributed by atoms with Gasteiger partial charge in [-0.15, -0.1) is 0 Å². The van der Waals surface area contributed by atoms with Gasteiger partial charge < -0.3 is 10.6 Å². The number of anilines is 1. The standard InChI is InChI=1S/C19H21FN2O2S/c1-12-9-16-17-11-15(5-6-18(17)22-19(16)7-8-21-12)25(23,24)14-4-2-3-13(20)10-14/h2-6,10-12,16,19,21-22H,7-9H2,1H3/t12?,16-,19+/m1/s1. The van der Waals surface area contributed by atoms with Crippen LogP contribution in [0.3, 0.4) is 0 Å². The number of benzene rings is 2. The Labute approximate surface area is 147 Å². The predicted molar refractivity (Wildman–Crippen MR) is 95.1 cm³/mol. The summed E-state index contributed by atoms with van der Waals surface area (Å²) in [6.07, 6.45) is 1.98. The van der Waals surface area contributed by atoms with Gasteiger partial charge in [-0.2, -0.15) is 0 Å². The number of halogens is 1. The van der Waals surface area contributed by atoms with E-state index in [4.69, 9.17) is 0 Å². The maximum absolute atomic E-state index is 13.5. The molecule has 6 heteroatoms. The molecule has 2 aliphatic heterocycles. The van der Waals surface area contributed by atoms with Gasteiger partial charge in [0.1, 0.15) is 5.82 Å². The summed E-state index contributed by atoms with van der Waals surface area (Å²) in [5.74, 6) is -0.254. The predicted octanol–water partition coefficient (Wildman–Crippen LogP) is 3.31. The minimum atomic E-state index is -3.73. The molecule has 2 aromatic carbocycles. The third-order valence-corrected chi connectivity index (χ3v) is 6.97. The molecule has 132 valence electrons. The monoisotopic (exact) mass is 360 g/mol. The first-order chi connectivity index (χ1) is 11.9. The fourth-order valence-electron chi connectivity index (χ4n) is 3.95. The van der Waals surface area contributed by atoms with Gasteiger partial charge in [-0.1, -0.05) is 6.07 Å². The minimum absolute atomic E-state index is 0.00847. The van der Waals surface area contributed by atoms with E-state index < -0.39 is 15.7 Å². The molecule has 4 rings (SSSR count). The van der Waals surface area contributed by atoms with E-state index in [2.05, 4.69) is 17.6 Å². The van der Waals surface area contributed by atoms with Gasteiger partial charge in [0.05, 0.1) is 9.79 Å². The van der Waals surface area contributed by atoms with Crippen molar-refractivity contribution in [2.75, 3.05) is 11.9 Å².